The largest absolute Gasteiger partial charge is 0.464 e. The van der Waals surface area contributed by atoms with Gasteiger partial charge in [0.15, 0.2) is 0 Å². The highest BCUT2D eigenvalue weighted by atomic mass is 32.1. The van der Waals surface area contributed by atoms with Crippen LogP contribution in [-0.2, 0) is 102 Å². The number of nitrogens with zero attached hydrogens (tertiary/aromatic N) is 1. The molecular formula is C75H115N7O21S. The first-order valence-corrected chi connectivity index (χ1v) is 37.7. The van der Waals surface area contributed by atoms with Crippen molar-refractivity contribution >= 4 is 95.8 Å². The van der Waals surface area contributed by atoms with Crippen molar-refractivity contribution < 1.29 is 100 Å². The summed E-state index contributed by atoms with van der Waals surface area (Å²) in [6.45, 7) is 15.9. The average Bonchev–Trinajstić information content (AvgIpc) is 1.65. The number of allylic oxidation sites excluding steroid dienone is 2. The van der Waals surface area contributed by atoms with Gasteiger partial charge in [-0.15, -0.1) is 6.58 Å². The highest BCUT2D eigenvalue weighted by Crippen LogP contribution is 2.22. The van der Waals surface area contributed by atoms with Gasteiger partial charge in [-0.25, -0.2) is 33.6 Å². The Bertz CT molecular complexity index is 2930. The molecule has 8 rings (SSSR count). The van der Waals surface area contributed by atoms with E-state index in [1.54, 1.807) is 32.9 Å². The Morgan fingerprint density at radius 3 is 1.27 bits per heavy atom. The molecule has 0 bridgehead atoms. The summed E-state index contributed by atoms with van der Waals surface area (Å²) >= 11 is 3.99. The van der Waals surface area contributed by atoms with E-state index in [-0.39, 0.29) is 72.0 Å². The van der Waals surface area contributed by atoms with Crippen molar-refractivity contribution in [3.63, 3.8) is 0 Å². The molecule has 6 N–H and O–H groups in total. The number of esters is 6. The van der Waals surface area contributed by atoms with Gasteiger partial charge in [0.25, 0.3) is 0 Å². The number of likely N-dealkylation sites (tertiary alicyclic amines) is 1. The number of ketones is 1. The van der Waals surface area contributed by atoms with E-state index < -0.39 is 71.8 Å². The number of unbranched alkanes of at least 4 members (excludes halogenated alkanes) is 12. The van der Waals surface area contributed by atoms with E-state index in [9.17, 15) is 67.1 Å². The SMILES string of the molecule is C=CCCC(=O)N[C@@H]1CCOC1=O.CC(C)(C)OC(=O)N1CCC[C@H]1C(=O)N[C@@H]1CCOC1=O.CC/C=C/CC(=O)N[C@@H]1CCOC1=O.CCCCCCCCCCCCCCCC(=O)N[C@@H]1CCOC1=O.O=C(CC(=O)N[C@H]1CCOC1=O)Cc1ccccc1.O=C(CCCS)N[C@@H]1CCOC1=O. The number of ether oxygens (including phenoxy) is 7. The van der Waals surface area contributed by atoms with Gasteiger partial charge in [0.2, 0.25) is 35.4 Å². The van der Waals surface area contributed by atoms with Crippen molar-refractivity contribution in [3.05, 3.63) is 60.7 Å². The molecule has 0 spiro atoms. The molecule has 0 aliphatic carbocycles. The molecule has 7 aliphatic heterocycles. The highest BCUT2D eigenvalue weighted by Gasteiger charge is 2.40. The van der Waals surface area contributed by atoms with Gasteiger partial charge in [-0.2, -0.15) is 12.6 Å². The summed E-state index contributed by atoms with van der Waals surface area (Å²) in [6, 6.07) is 5.76. The van der Waals surface area contributed by atoms with Gasteiger partial charge in [0.1, 0.15) is 53.7 Å². The summed E-state index contributed by atoms with van der Waals surface area (Å²) in [4.78, 5) is 161. The fourth-order valence-electron chi connectivity index (χ4n) is 11.1. The van der Waals surface area contributed by atoms with Crippen LogP contribution < -0.4 is 31.9 Å². The Hall–Kier alpha value is -8.37. The van der Waals surface area contributed by atoms with Gasteiger partial charge >= 0.3 is 41.9 Å². The molecule has 7 fully saturated rings. The first-order chi connectivity index (χ1) is 49.9. The number of carbonyl (C=O) groups excluding carboxylic acids is 14. The summed E-state index contributed by atoms with van der Waals surface area (Å²) < 4.78 is 33.8. The minimum Gasteiger partial charge on any atom is -0.464 e. The molecule has 7 saturated heterocycles. The predicted octanol–water partition coefficient (Wildman–Crippen LogP) is 7.62. The summed E-state index contributed by atoms with van der Waals surface area (Å²) in [6.07, 6.45) is 30.4. The second-order valence-electron chi connectivity index (χ2n) is 26.8. The lowest BCUT2D eigenvalue weighted by Gasteiger charge is -2.28. The number of thiol groups is 1. The zero-order valence-electron chi connectivity index (χ0n) is 61.7. The van der Waals surface area contributed by atoms with Crippen LogP contribution >= 0.6 is 12.6 Å². The molecule has 7 heterocycles. The van der Waals surface area contributed by atoms with Gasteiger partial charge in [0, 0.05) is 77.2 Å². The van der Waals surface area contributed by atoms with Gasteiger partial charge in [-0.3, -0.25) is 38.5 Å². The van der Waals surface area contributed by atoms with Crippen molar-refractivity contribution in [2.45, 2.75) is 275 Å². The van der Waals surface area contributed by atoms with E-state index in [2.05, 4.69) is 58.0 Å². The van der Waals surface area contributed by atoms with Crippen LogP contribution in [0.3, 0.4) is 0 Å². The molecule has 7 aliphatic rings. The Kier molecular flexibility index (Phi) is 45.4. The molecule has 582 valence electrons. The minimum atomic E-state index is -0.601. The normalized spacial score (nSPS) is 20.5. The number of nitrogens with one attached hydrogen (secondary N) is 6. The maximum atomic E-state index is 12.3. The topological polar surface area (TPSA) is 379 Å². The molecule has 104 heavy (non-hydrogen) atoms. The lowest BCUT2D eigenvalue weighted by atomic mass is 10.0. The molecule has 28 nitrogen and oxygen atoms in total. The van der Waals surface area contributed by atoms with E-state index in [0.717, 1.165) is 37.7 Å². The molecule has 7 amide bonds. The van der Waals surface area contributed by atoms with Crippen LogP contribution in [0.1, 0.15) is 226 Å². The zero-order valence-corrected chi connectivity index (χ0v) is 62.6. The first kappa shape index (κ1) is 89.8. The third kappa shape index (κ3) is 39.5. The Morgan fingerprint density at radius 2 is 0.885 bits per heavy atom. The number of hydrogen-bond acceptors (Lipinski definition) is 22. The summed E-state index contributed by atoms with van der Waals surface area (Å²) in [5.74, 6) is -2.68. The van der Waals surface area contributed by atoms with Gasteiger partial charge in [0.05, 0.1) is 46.1 Å². The van der Waals surface area contributed by atoms with E-state index in [4.69, 9.17) is 33.2 Å². The Labute approximate surface area is 617 Å². The number of Topliss-reactive ketones (excluding diaryl/α,β-unsaturated/α-hetero) is 1. The van der Waals surface area contributed by atoms with E-state index in [0.29, 0.717) is 129 Å². The average molecular weight is 1480 g/mol. The number of carbonyl (C=O) groups is 14. The van der Waals surface area contributed by atoms with Crippen LogP contribution in [0.15, 0.2) is 55.1 Å². The molecule has 0 aromatic heterocycles. The predicted molar refractivity (Wildman–Crippen MR) is 388 cm³/mol. The van der Waals surface area contributed by atoms with Gasteiger partial charge in [-0.1, -0.05) is 139 Å². The van der Waals surface area contributed by atoms with Crippen LogP contribution in [0.2, 0.25) is 0 Å². The van der Waals surface area contributed by atoms with Crippen LogP contribution in [0, 0.1) is 0 Å². The van der Waals surface area contributed by atoms with E-state index in [1.807, 2.05) is 43.3 Å². The second-order valence-corrected chi connectivity index (χ2v) is 27.3. The summed E-state index contributed by atoms with van der Waals surface area (Å²) in [7, 11) is 0. The number of benzene rings is 1. The fourth-order valence-corrected chi connectivity index (χ4v) is 11.3. The number of amides is 7. The smallest absolute Gasteiger partial charge is 0.410 e. The molecule has 29 heteroatoms. The Balaban J connectivity index is 0.000000329. The first-order valence-electron chi connectivity index (χ1n) is 37.1. The highest BCUT2D eigenvalue weighted by molar-refractivity contribution is 7.80. The molecule has 1 aromatic rings. The zero-order chi connectivity index (χ0) is 76.5. The standard InChI is InChI=1S/C20H37NO3.C14H22N2O5.C14H15NO4.C10H15NO3.C9H13NO3.C8H13NO3S/c1-2-3-4-5-6-7-8-9-10-11-12-13-14-15-19(22)21-18-16-17-24-20(18)23;1-14(2,3)21-13(19)16-7-4-5-10(16)11(17)15-9-6-8-20-12(9)18;16-11(8-10-4-2-1-3-5-10)9-13(17)15-12-6-7-19-14(12)18;1-2-3-4-5-9(12)11-8-6-7-14-10(8)13;1-2-3-4-8(11)10-7-5-6-13-9(7)12;10-7(2-1-5-13)9-6-3-4-12-8(6)11/h18H,2-17H2,1H3,(H,21,22);9-10H,4-8H2,1-3H3,(H,15,17);1-5,12H,6-9H2,(H,15,17);3-4,8H,2,5-7H2,1H3,(H,11,12);2,7H,1,3-6H2,(H,10,11);6,13H,1-5H2,(H,9,10)/b;;;4-3+;;/t18-;9-,10+;12-;8-;7-;6-/m110111/s1. The van der Waals surface area contributed by atoms with Crippen molar-refractivity contribution in [1.29, 1.82) is 0 Å². The number of cyclic esters (lactones) is 6. The molecule has 1 aromatic carbocycles. The molecular weight excluding hydrogens is 1370 g/mol. The Morgan fingerprint density at radius 1 is 0.500 bits per heavy atom. The van der Waals surface area contributed by atoms with Gasteiger partial charge in [-0.05, 0) is 70.6 Å². The van der Waals surface area contributed by atoms with Gasteiger partial charge < -0.3 is 65.1 Å². The number of hydrogen-bond donors (Lipinski definition) is 7. The van der Waals surface area contributed by atoms with Crippen LogP contribution in [0.5, 0.6) is 0 Å². The molecule has 0 unspecified atom stereocenters. The monoisotopic (exact) mass is 1480 g/mol. The maximum Gasteiger partial charge on any atom is 0.410 e. The second kappa shape index (κ2) is 52.6. The summed E-state index contributed by atoms with van der Waals surface area (Å²) in [5, 5.41) is 15.8. The quantitative estimate of drug-likeness (QED) is 0.00870. The van der Waals surface area contributed by atoms with Crippen molar-refractivity contribution in [3.8, 4) is 0 Å². The molecule has 0 radical (unpaired) electrons. The van der Waals surface area contributed by atoms with E-state index in [1.165, 1.54) is 75.5 Å². The summed E-state index contributed by atoms with van der Waals surface area (Å²) in [5.41, 5.74) is 0.274. The van der Waals surface area contributed by atoms with Crippen LogP contribution in [0.4, 0.5) is 4.79 Å². The van der Waals surface area contributed by atoms with Crippen molar-refractivity contribution in [2.24, 2.45) is 0 Å². The van der Waals surface area contributed by atoms with E-state index >= 15 is 0 Å². The van der Waals surface area contributed by atoms with Crippen LogP contribution in [-0.4, -0.2) is 188 Å². The minimum absolute atomic E-state index is 0.0121. The van der Waals surface area contributed by atoms with Crippen LogP contribution in [0.25, 0.3) is 0 Å². The lowest BCUT2D eigenvalue weighted by Crippen LogP contribution is -2.50. The third-order valence-corrected chi connectivity index (χ3v) is 17.1. The maximum absolute atomic E-state index is 12.3. The van der Waals surface area contributed by atoms with Crippen molar-refractivity contribution in [1.82, 2.24) is 36.8 Å². The molecule has 0 saturated carbocycles. The third-order valence-electron chi connectivity index (χ3n) is 16.7. The lowest BCUT2D eigenvalue weighted by molar-refractivity contribution is -0.142. The number of rotatable bonds is 34. The molecule has 7 atom stereocenters. The fraction of sp³-hybridized carbons (Fsp3) is 0.680. The van der Waals surface area contributed by atoms with Crippen molar-refractivity contribution in [2.75, 3.05) is 51.9 Å².